The summed E-state index contributed by atoms with van der Waals surface area (Å²) in [6.45, 7) is 5.30. The van der Waals surface area contributed by atoms with Gasteiger partial charge in [-0.1, -0.05) is 12.1 Å². The molecule has 12 heteroatoms. The minimum atomic E-state index is -4.99. The van der Waals surface area contributed by atoms with Crippen molar-refractivity contribution < 1.29 is 26.3 Å². The van der Waals surface area contributed by atoms with E-state index in [4.69, 9.17) is 0 Å². The minimum absolute atomic E-state index is 0.0995. The predicted molar refractivity (Wildman–Crippen MR) is 105 cm³/mol. The standard InChI is InChI=1S/C18H22F3N5O3S/c1-3-22-17-23-13(2)12-16(24-17)25-8-10-26(11-9-25)30(27,28)15-7-5-4-6-14(15)29-18(19,20)21/h4-7,12H,3,8-11H2,1-2H3,(H,22,23,24). The van der Waals surface area contributed by atoms with E-state index in [0.717, 1.165) is 22.1 Å². The van der Waals surface area contributed by atoms with Crippen molar-refractivity contribution in [2.75, 3.05) is 42.9 Å². The molecule has 1 aliphatic rings. The molecule has 0 radical (unpaired) electrons. The second kappa shape index (κ2) is 8.64. The van der Waals surface area contributed by atoms with Crippen LogP contribution in [0.25, 0.3) is 0 Å². The zero-order valence-electron chi connectivity index (χ0n) is 16.5. The molecule has 0 atom stereocenters. The SMILES string of the molecule is CCNc1nc(C)cc(N2CCN(S(=O)(=O)c3ccccc3OC(F)(F)F)CC2)n1. The zero-order chi connectivity index (χ0) is 21.9. The van der Waals surface area contributed by atoms with E-state index in [1.807, 2.05) is 18.7 Å². The van der Waals surface area contributed by atoms with Gasteiger partial charge in [0, 0.05) is 44.5 Å². The summed E-state index contributed by atoms with van der Waals surface area (Å²) in [4.78, 5) is 10.1. The Morgan fingerprint density at radius 2 is 1.80 bits per heavy atom. The number of sulfonamides is 1. The van der Waals surface area contributed by atoms with Crippen LogP contribution in [-0.4, -0.2) is 61.8 Å². The maximum absolute atomic E-state index is 13.0. The Morgan fingerprint density at radius 1 is 1.13 bits per heavy atom. The van der Waals surface area contributed by atoms with Gasteiger partial charge in [0.1, 0.15) is 16.5 Å². The monoisotopic (exact) mass is 445 g/mol. The normalized spacial score (nSPS) is 15.8. The van der Waals surface area contributed by atoms with Crippen LogP contribution in [0.3, 0.4) is 0 Å². The van der Waals surface area contributed by atoms with Crippen molar-refractivity contribution in [3.63, 3.8) is 0 Å². The van der Waals surface area contributed by atoms with Gasteiger partial charge < -0.3 is 15.0 Å². The molecule has 1 aliphatic heterocycles. The molecule has 0 amide bonds. The first-order chi connectivity index (χ1) is 14.1. The number of hydrogen-bond acceptors (Lipinski definition) is 7. The van der Waals surface area contributed by atoms with E-state index in [-0.39, 0.29) is 13.1 Å². The van der Waals surface area contributed by atoms with Crippen molar-refractivity contribution in [1.82, 2.24) is 14.3 Å². The van der Waals surface area contributed by atoms with Crippen LogP contribution in [0.1, 0.15) is 12.6 Å². The molecule has 0 spiro atoms. The van der Waals surface area contributed by atoms with Gasteiger partial charge >= 0.3 is 6.36 Å². The fraction of sp³-hybridized carbons (Fsp3) is 0.444. The van der Waals surface area contributed by atoms with Crippen LogP contribution in [0.4, 0.5) is 24.9 Å². The van der Waals surface area contributed by atoms with Crippen molar-refractivity contribution in [3.8, 4) is 5.75 Å². The molecule has 1 saturated heterocycles. The predicted octanol–water partition coefficient (Wildman–Crippen LogP) is 2.63. The van der Waals surface area contributed by atoms with Gasteiger partial charge in [-0.3, -0.25) is 0 Å². The van der Waals surface area contributed by atoms with E-state index in [1.165, 1.54) is 12.1 Å². The van der Waals surface area contributed by atoms with Gasteiger partial charge in [0.05, 0.1) is 0 Å². The number of hydrogen-bond donors (Lipinski definition) is 1. The third-order valence-electron chi connectivity index (χ3n) is 4.43. The maximum Gasteiger partial charge on any atom is 0.573 e. The first-order valence-corrected chi connectivity index (χ1v) is 10.7. The van der Waals surface area contributed by atoms with Crippen molar-refractivity contribution >= 4 is 21.8 Å². The van der Waals surface area contributed by atoms with E-state index in [2.05, 4.69) is 20.0 Å². The molecule has 30 heavy (non-hydrogen) atoms. The van der Waals surface area contributed by atoms with E-state index < -0.39 is 27.0 Å². The van der Waals surface area contributed by atoms with Crippen molar-refractivity contribution in [2.24, 2.45) is 0 Å². The van der Waals surface area contributed by atoms with Gasteiger partial charge in [-0.15, -0.1) is 13.2 Å². The van der Waals surface area contributed by atoms with E-state index in [1.54, 1.807) is 6.07 Å². The molecular formula is C18H22F3N5O3S. The highest BCUT2D eigenvalue weighted by Gasteiger charge is 2.36. The zero-order valence-corrected chi connectivity index (χ0v) is 17.3. The number of aromatic nitrogens is 2. The second-order valence-electron chi connectivity index (χ2n) is 6.61. The third-order valence-corrected chi connectivity index (χ3v) is 6.37. The molecule has 2 aromatic rings. The van der Waals surface area contributed by atoms with Crippen molar-refractivity contribution in [1.29, 1.82) is 0 Å². The molecule has 1 N–H and O–H groups in total. The molecule has 3 rings (SSSR count). The van der Waals surface area contributed by atoms with Crippen molar-refractivity contribution in [2.45, 2.75) is 25.1 Å². The summed E-state index contributed by atoms with van der Waals surface area (Å²) in [7, 11) is -4.16. The van der Waals surface area contributed by atoms with Crippen LogP contribution in [0, 0.1) is 6.92 Å². The average Bonchev–Trinajstić information content (AvgIpc) is 2.67. The summed E-state index contributed by atoms with van der Waals surface area (Å²) in [5, 5.41) is 3.05. The minimum Gasteiger partial charge on any atom is -0.404 e. The van der Waals surface area contributed by atoms with Crippen LogP contribution in [0.5, 0.6) is 5.75 Å². The quantitative estimate of drug-likeness (QED) is 0.731. The number of rotatable bonds is 6. The molecule has 2 heterocycles. The molecule has 0 bridgehead atoms. The number of aryl methyl sites for hydroxylation is 1. The Labute approximate surface area is 172 Å². The number of anilines is 2. The largest absolute Gasteiger partial charge is 0.573 e. The fourth-order valence-electron chi connectivity index (χ4n) is 3.12. The maximum atomic E-state index is 13.0. The van der Waals surface area contributed by atoms with Gasteiger partial charge in [-0.05, 0) is 26.0 Å². The first-order valence-electron chi connectivity index (χ1n) is 9.29. The fourth-order valence-corrected chi connectivity index (χ4v) is 4.66. The van der Waals surface area contributed by atoms with Gasteiger partial charge in [-0.2, -0.15) is 9.29 Å². The summed E-state index contributed by atoms with van der Waals surface area (Å²) in [5.41, 5.74) is 0.768. The van der Waals surface area contributed by atoms with Gasteiger partial charge in [0.15, 0.2) is 0 Å². The molecule has 0 aliphatic carbocycles. The van der Waals surface area contributed by atoms with Gasteiger partial charge in [0.25, 0.3) is 0 Å². The number of benzene rings is 1. The number of ether oxygens (including phenoxy) is 1. The number of nitrogens with one attached hydrogen (secondary N) is 1. The molecular weight excluding hydrogens is 423 g/mol. The highest BCUT2D eigenvalue weighted by Crippen LogP contribution is 2.32. The average molecular weight is 445 g/mol. The highest BCUT2D eigenvalue weighted by atomic mass is 32.2. The lowest BCUT2D eigenvalue weighted by Crippen LogP contribution is -2.49. The Hall–Kier alpha value is -2.60. The Balaban J connectivity index is 1.77. The van der Waals surface area contributed by atoms with Crippen LogP contribution < -0.4 is 15.0 Å². The van der Waals surface area contributed by atoms with E-state index >= 15 is 0 Å². The number of nitrogens with zero attached hydrogens (tertiary/aromatic N) is 4. The van der Waals surface area contributed by atoms with Crippen LogP contribution in [-0.2, 0) is 10.0 Å². The molecule has 1 aromatic heterocycles. The molecule has 164 valence electrons. The summed E-state index contributed by atoms with van der Waals surface area (Å²) in [5.74, 6) is 0.409. The number of halogens is 3. The number of alkyl halides is 3. The lowest BCUT2D eigenvalue weighted by atomic mass is 10.3. The van der Waals surface area contributed by atoms with Crippen LogP contribution in [0.2, 0.25) is 0 Å². The summed E-state index contributed by atoms with van der Waals surface area (Å²) in [6, 6.07) is 6.55. The van der Waals surface area contributed by atoms with Gasteiger partial charge in [-0.25, -0.2) is 13.4 Å². The topological polar surface area (TPSA) is 87.7 Å². The van der Waals surface area contributed by atoms with E-state index in [9.17, 15) is 21.6 Å². The molecule has 0 unspecified atom stereocenters. The van der Waals surface area contributed by atoms with Gasteiger partial charge in [0.2, 0.25) is 16.0 Å². The molecule has 1 aromatic carbocycles. The number of para-hydroxylation sites is 1. The lowest BCUT2D eigenvalue weighted by Gasteiger charge is -2.35. The van der Waals surface area contributed by atoms with Crippen LogP contribution >= 0.6 is 0 Å². The first kappa shape index (κ1) is 22.1. The number of piperazine rings is 1. The summed E-state index contributed by atoms with van der Waals surface area (Å²) in [6.07, 6.45) is -4.99. The summed E-state index contributed by atoms with van der Waals surface area (Å²) >= 11 is 0. The van der Waals surface area contributed by atoms with Crippen molar-refractivity contribution in [3.05, 3.63) is 36.0 Å². The third kappa shape index (κ3) is 5.11. The molecule has 0 saturated carbocycles. The Bertz CT molecular complexity index is 993. The van der Waals surface area contributed by atoms with E-state index in [0.29, 0.717) is 31.4 Å². The van der Waals surface area contributed by atoms with Crippen LogP contribution in [0.15, 0.2) is 35.2 Å². The Morgan fingerprint density at radius 3 is 2.43 bits per heavy atom. The highest BCUT2D eigenvalue weighted by molar-refractivity contribution is 7.89. The smallest absolute Gasteiger partial charge is 0.404 e. The second-order valence-corrected chi connectivity index (χ2v) is 8.51. The lowest BCUT2D eigenvalue weighted by molar-refractivity contribution is -0.275. The summed E-state index contributed by atoms with van der Waals surface area (Å²) < 4.78 is 68.9. The Kier molecular flexibility index (Phi) is 6.36. The molecule has 1 fully saturated rings. The molecule has 8 nitrogen and oxygen atoms in total.